The largest absolute Gasteiger partial charge is 0.475 e. The molecule has 0 spiro atoms. The molecule has 0 amide bonds. The number of nitrogens with zero attached hydrogens (tertiary/aromatic N) is 1. The highest BCUT2D eigenvalue weighted by atomic mass is 16.5. The van der Waals surface area contributed by atoms with Gasteiger partial charge in [-0.25, -0.2) is 4.99 Å². The molecule has 0 aliphatic carbocycles. The molecule has 3 aromatic rings. The molecule has 0 saturated carbocycles. The summed E-state index contributed by atoms with van der Waals surface area (Å²) in [6.07, 6.45) is 0.928. The Bertz CT molecular complexity index is 823. The van der Waals surface area contributed by atoms with Crippen LogP contribution in [0.25, 0.3) is 10.8 Å². The molecule has 3 aromatic carbocycles. The SMILES string of the molecule is c1ccc(C[C@H]2COC(c3ccc4ccccc4c3)=N2)cc1. The smallest absolute Gasteiger partial charge is 0.216 e. The first-order chi connectivity index (χ1) is 10.9. The van der Waals surface area contributed by atoms with Crippen LogP contribution in [0.2, 0.25) is 0 Å². The van der Waals surface area contributed by atoms with Gasteiger partial charge in [-0.2, -0.15) is 0 Å². The number of benzene rings is 3. The number of hydrogen-bond donors (Lipinski definition) is 0. The lowest BCUT2D eigenvalue weighted by atomic mass is 10.1. The van der Waals surface area contributed by atoms with Gasteiger partial charge in [-0.1, -0.05) is 60.7 Å². The van der Waals surface area contributed by atoms with Crippen molar-refractivity contribution in [1.82, 2.24) is 0 Å². The van der Waals surface area contributed by atoms with Gasteiger partial charge >= 0.3 is 0 Å². The monoisotopic (exact) mass is 287 g/mol. The predicted octanol–water partition coefficient (Wildman–Crippen LogP) is 4.23. The molecule has 0 bridgehead atoms. The molecule has 2 heteroatoms. The van der Waals surface area contributed by atoms with E-state index in [4.69, 9.17) is 9.73 Å². The van der Waals surface area contributed by atoms with Gasteiger partial charge in [-0.3, -0.25) is 0 Å². The third kappa shape index (κ3) is 2.60. The maximum atomic E-state index is 5.82. The van der Waals surface area contributed by atoms with Crippen molar-refractivity contribution in [3.8, 4) is 0 Å². The van der Waals surface area contributed by atoms with Crippen molar-refractivity contribution in [2.45, 2.75) is 12.5 Å². The summed E-state index contributed by atoms with van der Waals surface area (Å²) in [6.45, 7) is 0.664. The van der Waals surface area contributed by atoms with Crippen LogP contribution >= 0.6 is 0 Å². The van der Waals surface area contributed by atoms with E-state index in [9.17, 15) is 0 Å². The highest BCUT2D eigenvalue weighted by Gasteiger charge is 2.20. The normalized spacial score (nSPS) is 17.3. The van der Waals surface area contributed by atoms with E-state index in [-0.39, 0.29) is 6.04 Å². The molecule has 0 fully saturated rings. The minimum absolute atomic E-state index is 0.212. The number of fused-ring (bicyclic) bond motifs is 1. The zero-order valence-electron chi connectivity index (χ0n) is 12.3. The Balaban J connectivity index is 1.58. The van der Waals surface area contributed by atoms with Gasteiger partial charge in [0.25, 0.3) is 0 Å². The quantitative estimate of drug-likeness (QED) is 0.706. The van der Waals surface area contributed by atoms with Crippen molar-refractivity contribution in [2.75, 3.05) is 6.61 Å². The third-order valence-corrected chi connectivity index (χ3v) is 4.02. The first-order valence-corrected chi connectivity index (χ1v) is 7.62. The van der Waals surface area contributed by atoms with Crippen molar-refractivity contribution < 1.29 is 4.74 Å². The van der Waals surface area contributed by atoms with Crippen molar-refractivity contribution in [1.29, 1.82) is 0 Å². The van der Waals surface area contributed by atoms with Crippen LogP contribution in [0.1, 0.15) is 11.1 Å². The van der Waals surface area contributed by atoms with Gasteiger partial charge in [-0.05, 0) is 34.9 Å². The summed E-state index contributed by atoms with van der Waals surface area (Å²) in [5.41, 5.74) is 2.37. The van der Waals surface area contributed by atoms with Gasteiger partial charge in [0.05, 0.1) is 6.04 Å². The molecule has 0 radical (unpaired) electrons. The van der Waals surface area contributed by atoms with E-state index in [1.54, 1.807) is 0 Å². The zero-order valence-corrected chi connectivity index (χ0v) is 12.3. The molecule has 1 atom stereocenters. The number of ether oxygens (including phenoxy) is 1. The fourth-order valence-corrected chi connectivity index (χ4v) is 2.89. The Morgan fingerprint density at radius 3 is 2.50 bits per heavy atom. The highest BCUT2D eigenvalue weighted by Crippen LogP contribution is 2.20. The predicted molar refractivity (Wildman–Crippen MR) is 90.4 cm³/mol. The van der Waals surface area contributed by atoms with Gasteiger partial charge in [0.2, 0.25) is 5.90 Å². The first kappa shape index (κ1) is 13.1. The molecule has 0 N–H and O–H groups in total. The first-order valence-electron chi connectivity index (χ1n) is 7.62. The molecule has 0 unspecified atom stereocenters. The fraction of sp³-hybridized carbons (Fsp3) is 0.150. The summed E-state index contributed by atoms with van der Waals surface area (Å²) in [5, 5.41) is 2.46. The summed E-state index contributed by atoms with van der Waals surface area (Å²) in [7, 11) is 0. The van der Waals surface area contributed by atoms with E-state index in [2.05, 4.69) is 66.7 Å². The van der Waals surface area contributed by atoms with Crippen LogP contribution in [0.15, 0.2) is 77.8 Å². The average molecular weight is 287 g/mol. The molecule has 0 aromatic heterocycles. The number of rotatable bonds is 3. The third-order valence-electron chi connectivity index (χ3n) is 4.02. The highest BCUT2D eigenvalue weighted by molar-refractivity contribution is 5.99. The van der Waals surface area contributed by atoms with Crippen molar-refractivity contribution in [2.24, 2.45) is 4.99 Å². The van der Waals surface area contributed by atoms with Gasteiger partial charge in [0.15, 0.2) is 0 Å². The lowest BCUT2D eigenvalue weighted by Crippen LogP contribution is -2.09. The van der Waals surface area contributed by atoms with E-state index in [1.807, 2.05) is 6.07 Å². The van der Waals surface area contributed by atoms with Crippen LogP contribution in [0.3, 0.4) is 0 Å². The van der Waals surface area contributed by atoms with E-state index in [0.29, 0.717) is 6.61 Å². The van der Waals surface area contributed by atoms with Crippen molar-refractivity contribution in [3.63, 3.8) is 0 Å². The van der Waals surface area contributed by atoms with E-state index < -0.39 is 0 Å². The topological polar surface area (TPSA) is 21.6 Å². The van der Waals surface area contributed by atoms with Gasteiger partial charge < -0.3 is 4.74 Å². The fourth-order valence-electron chi connectivity index (χ4n) is 2.89. The maximum Gasteiger partial charge on any atom is 0.216 e. The summed E-state index contributed by atoms with van der Waals surface area (Å²) in [6, 6.07) is 25.4. The van der Waals surface area contributed by atoms with Crippen molar-refractivity contribution >= 4 is 16.7 Å². The van der Waals surface area contributed by atoms with Crippen LogP contribution in [0, 0.1) is 0 Å². The number of aliphatic imine (C=N–C) groups is 1. The summed E-state index contributed by atoms with van der Waals surface area (Å²) < 4.78 is 5.82. The van der Waals surface area contributed by atoms with Gasteiger partial charge in [-0.15, -0.1) is 0 Å². The molecule has 1 aliphatic heterocycles. The molecule has 108 valence electrons. The maximum absolute atomic E-state index is 5.82. The van der Waals surface area contributed by atoms with Gasteiger partial charge in [0, 0.05) is 5.56 Å². The second-order valence-corrected chi connectivity index (χ2v) is 5.65. The minimum atomic E-state index is 0.212. The van der Waals surface area contributed by atoms with Gasteiger partial charge in [0.1, 0.15) is 6.61 Å². The van der Waals surface area contributed by atoms with E-state index in [0.717, 1.165) is 17.9 Å². The Morgan fingerprint density at radius 1 is 0.864 bits per heavy atom. The molecule has 22 heavy (non-hydrogen) atoms. The molecular formula is C20H17NO. The molecule has 4 rings (SSSR count). The van der Waals surface area contributed by atoms with E-state index in [1.165, 1.54) is 16.3 Å². The van der Waals surface area contributed by atoms with Crippen molar-refractivity contribution in [3.05, 3.63) is 83.9 Å². The molecule has 2 nitrogen and oxygen atoms in total. The van der Waals surface area contributed by atoms with Crippen LogP contribution in [-0.2, 0) is 11.2 Å². The van der Waals surface area contributed by atoms with Crippen LogP contribution < -0.4 is 0 Å². The standard InChI is InChI=1S/C20H17NO/c1-2-6-15(7-3-1)12-19-14-22-20(21-19)18-11-10-16-8-4-5-9-17(16)13-18/h1-11,13,19H,12,14H2/t19-/m0/s1. The lowest BCUT2D eigenvalue weighted by molar-refractivity contribution is 0.317. The average Bonchev–Trinajstić information content (AvgIpc) is 3.04. The Kier molecular flexibility index (Phi) is 3.36. The minimum Gasteiger partial charge on any atom is -0.475 e. The summed E-state index contributed by atoms with van der Waals surface area (Å²) >= 11 is 0. The Labute approximate surface area is 130 Å². The Hall–Kier alpha value is -2.61. The zero-order chi connectivity index (χ0) is 14.8. The molecule has 0 saturated heterocycles. The number of hydrogen-bond acceptors (Lipinski definition) is 2. The molecular weight excluding hydrogens is 270 g/mol. The van der Waals surface area contributed by atoms with Crippen LogP contribution in [-0.4, -0.2) is 18.5 Å². The van der Waals surface area contributed by atoms with Crippen LogP contribution in [0.5, 0.6) is 0 Å². The van der Waals surface area contributed by atoms with Crippen LogP contribution in [0.4, 0.5) is 0 Å². The lowest BCUT2D eigenvalue weighted by Gasteiger charge is -2.04. The Morgan fingerprint density at radius 2 is 1.64 bits per heavy atom. The molecule has 1 heterocycles. The van der Waals surface area contributed by atoms with E-state index >= 15 is 0 Å². The molecule has 1 aliphatic rings. The summed E-state index contributed by atoms with van der Waals surface area (Å²) in [4.78, 5) is 4.75. The summed E-state index contributed by atoms with van der Waals surface area (Å²) in [5.74, 6) is 0.770. The second kappa shape index (κ2) is 5.64. The second-order valence-electron chi connectivity index (χ2n) is 5.65.